The summed E-state index contributed by atoms with van der Waals surface area (Å²) in [6.45, 7) is 3.59. The molecule has 1 rings (SSSR count). The van der Waals surface area contributed by atoms with Gasteiger partial charge in [-0.1, -0.05) is 13.0 Å². The number of nitrogens with two attached hydrogens (primary N) is 1. The van der Waals surface area contributed by atoms with E-state index in [4.69, 9.17) is 5.73 Å². The van der Waals surface area contributed by atoms with Crippen molar-refractivity contribution in [2.24, 2.45) is 5.73 Å². The van der Waals surface area contributed by atoms with E-state index >= 15 is 0 Å². The first-order valence-electron chi connectivity index (χ1n) is 5.46. The molecule has 17 heavy (non-hydrogen) atoms. The molecule has 0 aromatic heterocycles. The zero-order valence-electron chi connectivity index (χ0n) is 10.1. The molecular weight excluding hydrogens is 229 g/mol. The first-order valence-corrected chi connectivity index (χ1v) is 5.46. The van der Waals surface area contributed by atoms with Crippen molar-refractivity contribution in [3.05, 3.63) is 30.1 Å². The van der Waals surface area contributed by atoms with Gasteiger partial charge in [0, 0.05) is 25.2 Å². The Hall–Kier alpha value is -1.23. The molecular formula is C12H19F3N2. The average Bonchev–Trinajstić information content (AvgIpc) is 2.26. The van der Waals surface area contributed by atoms with E-state index in [0.717, 1.165) is 12.6 Å². The summed E-state index contributed by atoms with van der Waals surface area (Å²) in [7, 11) is 0. The van der Waals surface area contributed by atoms with Crippen LogP contribution in [-0.2, 0) is 0 Å². The Morgan fingerprint density at radius 3 is 2.35 bits per heavy atom. The van der Waals surface area contributed by atoms with Crippen LogP contribution in [-0.4, -0.2) is 19.0 Å². The monoisotopic (exact) mass is 248 g/mol. The number of alkyl halides is 2. The van der Waals surface area contributed by atoms with Gasteiger partial charge in [0.05, 0.1) is 0 Å². The van der Waals surface area contributed by atoms with Crippen molar-refractivity contribution in [1.82, 2.24) is 0 Å². The van der Waals surface area contributed by atoms with Crippen molar-refractivity contribution in [2.75, 3.05) is 18.4 Å². The standard InChI is InChI=1S/C8H11FN2.C4H8F2/c9-7-2-1-3-8(6-7)11-5-4-10;1-3-4(2,5)6/h1-3,6,11H,4-5,10H2;3H2,1-2H3. The van der Waals surface area contributed by atoms with Crippen LogP contribution in [0.4, 0.5) is 18.9 Å². The highest BCUT2D eigenvalue weighted by Gasteiger charge is 2.15. The fourth-order valence-electron chi connectivity index (χ4n) is 0.815. The quantitative estimate of drug-likeness (QED) is 0.858. The van der Waals surface area contributed by atoms with Crippen LogP contribution < -0.4 is 11.1 Å². The summed E-state index contributed by atoms with van der Waals surface area (Å²) >= 11 is 0. The lowest BCUT2D eigenvalue weighted by molar-refractivity contribution is 0.0181. The van der Waals surface area contributed by atoms with Gasteiger partial charge in [-0.2, -0.15) is 0 Å². The summed E-state index contributed by atoms with van der Waals surface area (Å²) in [5, 5.41) is 2.97. The lowest BCUT2D eigenvalue weighted by Gasteiger charge is -2.02. The minimum absolute atomic E-state index is 0.0625. The number of hydrogen-bond acceptors (Lipinski definition) is 2. The highest BCUT2D eigenvalue weighted by Crippen LogP contribution is 2.14. The molecule has 0 atom stereocenters. The first kappa shape index (κ1) is 15.8. The van der Waals surface area contributed by atoms with E-state index in [0.29, 0.717) is 13.1 Å². The molecule has 0 bridgehead atoms. The fourth-order valence-corrected chi connectivity index (χ4v) is 0.815. The van der Waals surface area contributed by atoms with Gasteiger partial charge in [0.2, 0.25) is 5.92 Å². The molecule has 1 aromatic carbocycles. The second-order valence-corrected chi connectivity index (χ2v) is 3.65. The normalized spacial score (nSPS) is 10.5. The molecule has 0 saturated carbocycles. The molecule has 0 spiro atoms. The van der Waals surface area contributed by atoms with Crippen molar-refractivity contribution >= 4 is 5.69 Å². The summed E-state index contributed by atoms with van der Waals surface area (Å²) in [4.78, 5) is 0. The third kappa shape index (κ3) is 9.68. The van der Waals surface area contributed by atoms with Crippen LogP contribution in [0.25, 0.3) is 0 Å². The largest absolute Gasteiger partial charge is 0.384 e. The summed E-state index contributed by atoms with van der Waals surface area (Å²) in [5.74, 6) is -2.69. The minimum Gasteiger partial charge on any atom is -0.384 e. The molecule has 0 saturated heterocycles. The number of benzene rings is 1. The van der Waals surface area contributed by atoms with E-state index in [1.807, 2.05) is 0 Å². The van der Waals surface area contributed by atoms with Gasteiger partial charge >= 0.3 is 0 Å². The molecule has 0 unspecified atom stereocenters. The second kappa shape index (κ2) is 7.95. The molecule has 3 N–H and O–H groups in total. The van der Waals surface area contributed by atoms with Crippen LogP contribution in [0.5, 0.6) is 0 Å². The molecule has 0 aliphatic heterocycles. The average molecular weight is 248 g/mol. The minimum atomic E-state index is -2.46. The molecule has 2 nitrogen and oxygen atoms in total. The maximum atomic E-state index is 12.5. The van der Waals surface area contributed by atoms with E-state index in [1.165, 1.54) is 19.1 Å². The topological polar surface area (TPSA) is 38.0 Å². The predicted octanol–water partition coefficient (Wildman–Crippen LogP) is 3.25. The van der Waals surface area contributed by atoms with Crippen LogP contribution in [0.3, 0.4) is 0 Å². The van der Waals surface area contributed by atoms with E-state index in [9.17, 15) is 13.2 Å². The molecule has 0 radical (unpaired) electrons. The van der Waals surface area contributed by atoms with Gasteiger partial charge in [-0.3, -0.25) is 0 Å². The van der Waals surface area contributed by atoms with Crippen molar-refractivity contribution in [3.63, 3.8) is 0 Å². The Bertz CT molecular complexity index is 311. The molecule has 0 aliphatic carbocycles. The maximum absolute atomic E-state index is 12.5. The highest BCUT2D eigenvalue weighted by molar-refractivity contribution is 5.42. The van der Waals surface area contributed by atoms with Gasteiger partial charge in [0.1, 0.15) is 5.82 Å². The molecule has 5 heteroatoms. The SMILES string of the molecule is CCC(C)(F)F.NCCNc1cccc(F)c1. The Labute approximate surface area is 100 Å². The molecule has 0 amide bonds. The van der Waals surface area contributed by atoms with Crippen molar-refractivity contribution in [1.29, 1.82) is 0 Å². The van der Waals surface area contributed by atoms with Gasteiger partial charge in [0.25, 0.3) is 0 Å². The van der Waals surface area contributed by atoms with Gasteiger partial charge in [0.15, 0.2) is 0 Å². The van der Waals surface area contributed by atoms with Crippen LogP contribution in [0.1, 0.15) is 20.3 Å². The number of rotatable bonds is 4. The van der Waals surface area contributed by atoms with E-state index < -0.39 is 5.92 Å². The van der Waals surface area contributed by atoms with Crippen molar-refractivity contribution in [3.8, 4) is 0 Å². The number of nitrogens with one attached hydrogen (secondary N) is 1. The Morgan fingerprint density at radius 2 is 1.94 bits per heavy atom. The van der Waals surface area contributed by atoms with Crippen LogP contribution in [0, 0.1) is 5.82 Å². The van der Waals surface area contributed by atoms with Crippen molar-refractivity contribution < 1.29 is 13.2 Å². The van der Waals surface area contributed by atoms with E-state index in [1.54, 1.807) is 12.1 Å². The molecule has 1 aromatic rings. The van der Waals surface area contributed by atoms with Gasteiger partial charge in [-0.15, -0.1) is 0 Å². The predicted molar refractivity (Wildman–Crippen MR) is 64.9 cm³/mol. The molecule has 0 aliphatic rings. The highest BCUT2D eigenvalue weighted by atomic mass is 19.3. The maximum Gasteiger partial charge on any atom is 0.245 e. The third-order valence-corrected chi connectivity index (χ3v) is 1.92. The third-order valence-electron chi connectivity index (χ3n) is 1.92. The zero-order valence-corrected chi connectivity index (χ0v) is 10.1. The number of halogens is 3. The molecule has 0 fully saturated rings. The van der Waals surface area contributed by atoms with E-state index in [-0.39, 0.29) is 12.2 Å². The lowest BCUT2D eigenvalue weighted by atomic mass is 10.3. The van der Waals surface area contributed by atoms with Crippen LogP contribution >= 0.6 is 0 Å². The lowest BCUT2D eigenvalue weighted by Crippen LogP contribution is -2.12. The fraction of sp³-hybridized carbons (Fsp3) is 0.500. The van der Waals surface area contributed by atoms with Gasteiger partial charge < -0.3 is 11.1 Å². The number of anilines is 1. The van der Waals surface area contributed by atoms with Gasteiger partial charge in [-0.25, -0.2) is 13.2 Å². The Morgan fingerprint density at radius 1 is 1.35 bits per heavy atom. The van der Waals surface area contributed by atoms with E-state index in [2.05, 4.69) is 5.32 Å². The van der Waals surface area contributed by atoms with Crippen LogP contribution in [0.15, 0.2) is 24.3 Å². The Kier molecular flexibility index (Phi) is 7.37. The molecule has 0 heterocycles. The summed E-state index contributed by atoms with van der Waals surface area (Å²) < 4.78 is 35.4. The zero-order chi connectivity index (χ0) is 13.3. The molecule has 98 valence electrons. The Balaban J connectivity index is 0.000000366. The van der Waals surface area contributed by atoms with Crippen LogP contribution in [0.2, 0.25) is 0 Å². The van der Waals surface area contributed by atoms with Crippen molar-refractivity contribution in [2.45, 2.75) is 26.2 Å². The van der Waals surface area contributed by atoms with Gasteiger partial charge in [-0.05, 0) is 25.1 Å². The first-order chi connectivity index (χ1) is 7.89. The summed E-state index contributed by atoms with van der Waals surface area (Å²) in [6.07, 6.45) is -0.0625. The second-order valence-electron chi connectivity index (χ2n) is 3.65. The summed E-state index contributed by atoms with van der Waals surface area (Å²) in [6, 6.07) is 6.32. The number of hydrogen-bond donors (Lipinski definition) is 2. The summed E-state index contributed by atoms with van der Waals surface area (Å²) in [5.41, 5.74) is 6.03. The smallest absolute Gasteiger partial charge is 0.245 e.